The molecule has 184 valence electrons. The number of amides is 2. The van der Waals surface area contributed by atoms with Crippen molar-refractivity contribution in [3.8, 4) is 0 Å². The number of nitrogens with zero attached hydrogens (tertiary/aromatic N) is 1. The van der Waals surface area contributed by atoms with E-state index in [4.69, 9.17) is 15.2 Å². The van der Waals surface area contributed by atoms with Gasteiger partial charge in [-0.05, 0) is 41.3 Å². The molecule has 0 bridgehead atoms. The van der Waals surface area contributed by atoms with Crippen LogP contribution in [0.4, 0.5) is 10.5 Å². The molecule has 1 heterocycles. The predicted molar refractivity (Wildman–Crippen MR) is 136 cm³/mol. The van der Waals surface area contributed by atoms with Gasteiger partial charge in [0.1, 0.15) is 6.61 Å². The van der Waals surface area contributed by atoms with E-state index < -0.39 is 24.0 Å². The number of aromatic nitrogens is 1. The van der Waals surface area contributed by atoms with Gasteiger partial charge >= 0.3 is 12.1 Å². The first-order valence-corrected chi connectivity index (χ1v) is 11.5. The summed E-state index contributed by atoms with van der Waals surface area (Å²) < 4.78 is 10.2. The van der Waals surface area contributed by atoms with Gasteiger partial charge in [-0.25, -0.2) is 9.69 Å². The van der Waals surface area contributed by atoms with E-state index in [0.717, 1.165) is 26.9 Å². The van der Waals surface area contributed by atoms with Crippen LogP contribution in [-0.4, -0.2) is 36.1 Å². The third-order valence-electron chi connectivity index (χ3n) is 5.81. The molecule has 0 fully saturated rings. The number of rotatable bonds is 8. The molecule has 0 unspecified atom stereocenters. The number of benzene rings is 3. The Morgan fingerprint density at radius 2 is 1.61 bits per heavy atom. The van der Waals surface area contributed by atoms with Crippen molar-refractivity contribution in [2.75, 3.05) is 12.0 Å². The summed E-state index contributed by atoms with van der Waals surface area (Å²) in [6.07, 6.45) is 1.28. The van der Waals surface area contributed by atoms with Crippen molar-refractivity contribution in [2.45, 2.75) is 25.5 Å². The number of para-hydroxylation sites is 1. The predicted octanol–water partition coefficient (Wildman–Crippen LogP) is 4.12. The zero-order valence-corrected chi connectivity index (χ0v) is 19.8. The number of nitrogens with one attached hydrogen (secondary N) is 1. The zero-order valence-electron chi connectivity index (χ0n) is 19.8. The minimum atomic E-state index is -0.997. The number of H-pyrrole nitrogens is 1. The van der Waals surface area contributed by atoms with Crippen molar-refractivity contribution in [1.82, 2.24) is 4.98 Å². The topological polar surface area (TPSA) is 115 Å². The molecule has 1 atom stereocenters. The van der Waals surface area contributed by atoms with E-state index in [9.17, 15) is 14.4 Å². The molecule has 4 aromatic rings. The molecule has 0 aliphatic carbocycles. The number of hydrogen-bond acceptors (Lipinski definition) is 6. The summed E-state index contributed by atoms with van der Waals surface area (Å²) in [7, 11) is 1.31. The van der Waals surface area contributed by atoms with E-state index in [1.165, 1.54) is 7.11 Å². The van der Waals surface area contributed by atoms with Gasteiger partial charge < -0.3 is 20.2 Å². The number of methoxy groups -OCH3 is 1. The highest BCUT2D eigenvalue weighted by atomic mass is 16.6. The molecule has 36 heavy (non-hydrogen) atoms. The summed E-state index contributed by atoms with van der Waals surface area (Å²) in [5, 5.41) is 0.964. The molecule has 4 rings (SSSR count). The zero-order chi connectivity index (χ0) is 25.5. The van der Waals surface area contributed by atoms with Gasteiger partial charge in [-0.2, -0.15) is 0 Å². The molecule has 0 saturated heterocycles. The van der Waals surface area contributed by atoms with Crippen molar-refractivity contribution in [3.63, 3.8) is 0 Å². The smallest absolute Gasteiger partial charge is 0.421 e. The van der Waals surface area contributed by atoms with Crippen LogP contribution in [0.2, 0.25) is 0 Å². The second-order valence-electron chi connectivity index (χ2n) is 8.30. The number of aromatic amines is 1. The lowest BCUT2D eigenvalue weighted by atomic mass is 10.0. The van der Waals surface area contributed by atoms with E-state index in [0.29, 0.717) is 11.3 Å². The Morgan fingerprint density at radius 1 is 0.917 bits per heavy atom. The van der Waals surface area contributed by atoms with Crippen LogP contribution in [0.15, 0.2) is 85.1 Å². The van der Waals surface area contributed by atoms with E-state index in [-0.39, 0.29) is 19.4 Å². The molecule has 3 aromatic carbocycles. The lowest BCUT2D eigenvalue weighted by Gasteiger charge is -2.24. The first kappa shape index (κ1) is 24.7. The summed E-state index contributed by atoms with van der Waals surface area (Å²) in [6, 6.07) is 22.4. The quantitative estimate of drug-likeness (QED) is 0.363. The minimum absolute atomic E-state index is 0.00155. The summed E-state index contributed by atoms with van der Waals surface area (Å²) in [6.45, 7) is 0.00155. The van der Waals surface area contributed by atoms with Crippen molar-refractivity contribution >= 4 is 34.6 Å². The summed E-state index contributed by atoms with van der Waals surface area (Å²) in [4.78, 5) is 42.3. The molecular weight excluding hydrogens is 458 g/mol. The maximum Gasteiger partial charge on any atom is 0.421 e. The Kier molecular flexibility index (Phi) is 7.77. The van der Waals surface area contributed by atoms with Gasteiger partial charge in [-0.1, -0.05) is 60.7 Å². The summed E-state index contributed by atoms with van der Waals surface area (Å²) in [5.41, 5.74) is 9.89. The fourth-order valence-electron chi connectivity index (χ4n) is 3.90. The number of esters is 1. The van der Waals surface area contributed by atoms with Crippen LogP contribution in [0.3, 0.4) is 0 Å². The van der Waals surface area contributed by atoms with E-state index >= 15 is 0 Å². The minimum Gasteiger partial charge on any atom is -0.469 e. The Bertz CT molecular complexity index is 1350. The maximum absolute atomic E-state index is 13.5. The molecule has 0 aliphatic rings. The number of imide groups is 1. The number of anilines is 1. The molecule has 8 heteroatoms. The van der Waals surface area contributed by atoms with Gasteiger partial charge in [0.2, 0.25) is 0 Å². The van der Waals surface area contributed by atoms with Gasteiger partial charge in [0.05, 0.1) is 25.3 Å². The van der Waals surface area contributed by atoms with Crippen LogP contribution in [0.25, 0.3) is 10.9 Å². The lowest BCUT2D eigenvalue weighted by molar-refractivity contribution is -0.139. The largest absolute Gasteiger partial charge is 0.469 e. The third-order valence-corrected chi connectivity index (χ3v) is 5.81. The highest BCUT2D eigenvalue weighted by molar-refractivity contribution is 6.14. The fourth-order valence-corrected chi connectivity index (χ4v) is 3.90. The van der Waals surface area contributed by atoms with Gasteiger partial charge in [0.25, 0.3) is 5.91 Å². The number of carbonyl (C=O) groups is 3. The SMILES string of the molecule is COC(=O)Cc1ccc(N(C(=O)OCc2ccccc2)C(=O)[C@@H](N)Cc2c[nH]c3ccccc23)cc1. The molecule has 3 N–H and O–H groups in total. The van der Waals surface area contributed by atoms with Gasteiger partial charge in [-0.15, -0.1) is 0 Å². The van der Waals surface area contributed by atoms with Crippen LogP contribution in [0.1, 0.15) is 16.7 Å². The molecule has 8 nitrogen and oxygen atoms in total. The second-order valence-corrected chi connectivity index (χ2v) is 8.30. The van der Waals surface area contributed by atoms with Gasteiger partial charge in [0, 0.05) is 17.1 Å². The third kappa shape index (κ3) is 5.79. The average Bonchev–Trinajstić information content (AvgIpc) is 3.31. The number of carbonyl (C=O) groups excluding carboxylic acids is 3. The first-order valence-electron chi connectivity index (χ1n) is 11.5. The summed E-state index contributed by atoms with van der Waals surface area (Å²) in [5.74, 6) is -0.988. The van der Waals surface area contributed by atoms with Crippen LogP contribution < -0.4 is 10.6 Å². The van der Waals surface area contributed by atoms with Crippen molar-refractivity contribution in [3.05, 3.63) is 102 Å². The van der Waals surface area contributed by atoms with Gasteiger partial charge in [-0.3, -0.25) is 9.59 Å². The monoisotopic (exact) mass is 485 g/mol. The molecule has 2 amide bonds. The standard InChI is InChI=1S/C28H27N3O5/c1-35-26(32)15-19-11-13-22(14-12-19)31(28(34)36-18-20-7-3-2-4-8-20)27(33)24(29)16-21-17-30-25-10-6-5-9-23(21)25/h2-14,17,24,30H,15-16,18,29H2,1H3/t24-/m0/s1. The van der Waals surface area contributed by atoms with E-state index in [2.05, 4.69) is 4.98 Å². The average molecular weight is 486 g/mol. The highest BCUT2D eigenvalue weighted by Gasteiger charge is 2.30. The second kappa shape index (κ2) is 11.3. The molecule has 0 spiro atoms. The van der Waals surface area contributed by atoms with E-state index in [1.807, 2.05) is 60.8 Å². The fraction of sp³-hybridized carbons (Fsp3) is 0.179. The van der Waals surface area contributed by atoms with Crippen LogP contribution in [-0.2, 0) is 38.5 Å². The van der Waals surface area contributed by atoms with Crippen molar-refractivity contribution in [2.24, 2.45) is 5.73 Å². The molecule has 0 aliphatic heterocycles. The number of fused-ring (bicyclic) bond motifs is 1. The normalized spacial score (nSPS) is 11.6. The Labute approximate surface area is 208 Å². The number of ether oxygens (including phenoxy) is 2. The molecule has 0 radical (unpaired) electrons. The molecule has 0 saturated carbocycles. The number of hydrogen-bond donors (Lipinski definition) is 2. The molecule has 1 aromatic heterocycles. The Hall–Kier alpha value is -4.43. The Morgan fingerprint density at radius 3 is 2.33 bits per heavy atom. The van der Waals surface area contributed by atoms with Gasteiger partial charge in [0.15, 0.2) is 0 Å². The van der Waals surface area contributed by atoms with Crippen molar-refractivity contribution < 1.29 is 23.9 Å². The van der Waals surface area contributed by atoms with Crippen molar-refractivity contribution in [1.29, 1.82) is 0 Å². The van der Waals surface area contributed by atoms with Crippen LogP contribution >= 0.6 is 0 Å². The lowest BCUT2D eigenvalue weighted by Crippen LogP contribution is -2.48. The maximum atomic E-state index is 13.5. The highest BCUT2D eigenvalue weighted by Crippen LogP contribution is 2.22. The first-order chi connectivity index (χ1) is 17.5. The molecular formula is C28H27N3O5. The van der Waals surface area contributed by atoms with E-state index in [1.54, 1.807) is 24.3 Å². The number of nitrogens with two attached hydrogens (primary N) is 1. The van der Waals surface area contributed by atoms with Crippen LogP contribution in [0, 0.1) is 0 Å². The summed E-state index contributed by atoms with van der Waals surface area (Å²) >= 11 is 0. The Balaban J connectivity index is 1.56. The van der Waals surface area contributed by atoms with Crippen LogP contribution in [0.5, 0.6) is 0 Å².